The highest BCUT2D eigenvalue weighted by atomic mass is 19.1. The minimum Gasteiger partial charge on any atom is -0.382 e. The molecule has 2 aliphatic rings. The van der Waals surface area contributed by atoms with E-state index in [2.05, 4.69) is 23.9 Å². The van der Waals surface area contributed by atoms with Crippen molar-refractivity contribution in [3.8, 4) is 0 Å². The van der Waals surface area contributed by atoms with E-state index in [1.54, 1.807) is 12.1 Å². The van der Waals surface area contributed by atoms with Crippen molar-refractivity contribution in [2.75, 3.05) is 32.7 Å². The number of hydrogen-bond acceptors (Lipinski definition) is 4. The van der Waals surface area contributed by atoms with E-state index < -0.39 is 6.10 Å². The van der Waals surface area contributed by atoms with Crippen molar-refractivity contribution in [2.24, 2.45) is 11.1 Å². The monoisotopic (exact) mass is 333 g/mol. The lowest BCUT2D eigenvalue weighted by molar-refractivity contribution is -0.143. The van der Waals surface area contributed by atoms with E-state index in [-0.39, 0.29) is 11.7 Å². The first-order valence-electron chi connectivity index (χ1n) is 8.52. The minimum absolute atomic E-state index is 0.0191. The molecule has 130 valence electrons. The highest BCUT2D eigenvalue weighted by Gasteiger charge is 2.33. The summed E-state index contributed by atoms with van der Waals surface area (Å²) in [6, 6.07) is 6.22. The number of nitrogens with zero attached hydrogens (tertiary/aromatic N) is 3. The van der Waals surface area contributed by atoms with Crippen LogP contribution in [0.25, 0.3) is 0 Å². The second-order valence-electron chi connectivity index (χ2n) is 6.87. The molecular weight excluding hydrogens is 309 g/mol. The van der Waals surface area contributed by atoms with Gasteiger partial charge in [0.1, 0.15) is 5.82 Å². The molecule has 0 aromatic heterocycles. The molecule has 0 N–H and O–H groups in total. The lowest BCUT2D eigenvalue weighted by Crippen LogP contribution is -2.52. The fourth-order valence-electron chi connectivity index (χ4n) is 3.22. The molecule has 1 fully saturated rings. The average molecular weight is 333 g/mol. The van der Waals surface area contributed by atoms with Gasteiger partial charge in [-0.3, -0.25) is 9.69 Å². The lowest BCUT2D eigenvalue weighted by Gasteiger charge is -2.36. The van der Waals surface area contributed by atoms with Crippen LogP contribution >= 0.6 is 0 Å². The third-order valence-electron chi connectivity index (χ3n) is 4.41. The van der Waals surface area contributed by atoms with Gasteiger partial charge in [-0.05, 0) is 18.1 Å². The van der Waals surface area contributed by atoms with Crippen LogP contribution in [0.3, 0.4) is 0 Å². The van der Waals surface area contributed by atoms with Crippen molar-refractivity contribution in [3.63, 3.8) is 0 Å². The van der Waals surface area contributed by atoms with Gasteiger partial charge in [0.15, 0.2) is 0 Å². The van der Waals surface area contributed by atoms with Crippen LogP contribution in [0.5, 0.6) is 0 Å². The number of hydrogen-bond donors (Lipinski definition) is 0. The van der Waals surface area contributed by atoms with Crippen LogP contribution in [-0.4, -0.2) is 60.2 Å². The minimum atomic E-state index is -0.583. The first-order valence-corrected chi connectivity index (χ1v) is 8.52. The quantitative estimate of drug-likeness (QED) is 0.848. The number of piperazine rings is 1. The summed E-state index contributed by atoms with van der Waals surface area (Å²) in [5.74, 6) is 0.299. The summed E-state index contributed by atoms with van der Waals surface area (Å²) < 4.78 is 13.3. The summed E-state index contributed by atoms with van der Waals surface area (Å²) in [5, 5.41) is 3.99. The summed E-state index contributed by atoms with van der Waals surface area (Å²) in [6.07, 6.45) is -0.186. The summed E-state index contributed by atoms with van der Waals surface area (Å²) >= 11 is 0. The fourth-order valence-corrected chi connectivity index (χ4v) is 3.22. The van der Waals surface area contributed by atoms with Crippen LogP contribution < -0.4 is 0 Å². The largest absolute Gasteiger partial charge is 0.382 e. The topological polar surface area (TPSA) is 45.1 Å². The number of oxime groups is 1. The Morgan fingerprint density at radius 1 is 1.33 bits per heavy atom. The molecule has 2 aliphatic heterocycles. The summed E-state index contributed by atoms with van der Waals surface area (Å²) in [6.45, 7) is 8.71. The number of carbonyl (C=O) groups is 1. The summed E-state index contributed by atoms with van der Waals surface area (Å²) in [5.41, 5.74) is 1.30. The van der Waals surface area contributed by atoms with Gasteiger partial charge in [0.2, 0.25) is 6.10 Å². The molecule has 1 unspecified atom stereocenters. The van der Waals surface area contributed by atoms with Gasteiger partial charge < -0.3 is 9.74 Å². The Morgan fingerprint density at radius 2 is 2.08 bits per heavy atom. The van der Waals surface area contributed by atoms with E-state index in [0.29, 0.717) is 23.6 Å². The van der Waals surface area contributed by atoms with E-state index in [1.165, 1.54) is 12.1 Å². The van der Waals surface area contributed by atoms with Gasteiger partial charge in [0, 0.05) is 44.7 Å². The van der Waals surface area contributed by atoms with E-state index in [1.807, 2.05) is 4.90 Å². The first-order chi connectivity index (χ1) is 11.5. The van der Waals surface area contributed by atoms with Crippen molar-refractivity contribution in [1.29, 1.82) is 0 Å². The van der Waals surface area contributed by atoms with E-state index >= 15 is 0 Å². The van der Waals surface area contributed by atoms with Gasteiger partial charge in [0.05, 0.1) is 5.71 Å². The SMILES string of the molecule is CC(C)CN1CCN(C(=O)C2CC(c3cccc(F)c3)=NO2)CC1. The zero-order chi connectivity index (χ0) is 17.1. The van der Waals surface area contributed by atoms with Crippen molar-refractivity contribution in [3.05, 3.63) is 35.6 Å². The van der Waals surface area contributed by atoms with Crippen LogP contribution in [0.4, 0.5) is 4.39 Å². The van der Waals surface area contributed by atoms with Gasteiger partial charge in [-0.15, -0.1) is 0 Å². The molecule has 24 heavy (non-hydrogen) atoms. The molecule has 0 saturated carbocycles. The summed E-state index contributed by atoms with van der Waals surface area (Å²) in [7, 11) is 0. The second kappa shape index (κ2) is 7.30. The molecule has 0 radical (unpaired) electrons. The Hall–Kier alpha value is -1.95. The third kappa shape index (κ3) is 3.93. The summed E-state index contributed by atoms with van der Waals surface area (Å²) in [4.78, 5) is 22.2. The zero-order valence-electron chi connectivity index (χ0n) is 14.2. The Balaban J connectivity index is 1.53. The van der Waals surface area contributed by atoms with E-state index in [4.69, 9.17) is 4.84 Å². The van der Waals surface area contributed by atoms with Crippen LogP contribution in [0.1, 0.15) is 25.8 Å². The van der Waals surface area contributed by atoms with Gasteiger partial charge in [0.25, 0.3) is 5.91 Å². The van der Waals surface area contributed by atoms with Gasteiger partial charge in [-0.1, -0.05) is 31.1 Å². The van der Waals surface area contributed by atoms with E-state index in [0.717, 1.165) is 32.7 Å². The maximum Gasteiger partial charge on any atom is 0.266 e. The van der Waals surface area contributed by atoms with Crippen molar-refractivity contribution in [1.82, 2.24) is 9.80 Å². The number of rotatable bonds is 4. The van der Waals surface area contributed by atoms with Crippen LogP contribution in [-0.2, 0) is 9.63 Å². The standard InChI is InChI=1S/C18H24FN3O2/c1-13(2)12-21-6-8-22(9-7-21)18(23)17-11-16(20-24-17)14-4-3-5-15(19)10-14/h3-5,10,13,17H,6-9,11-12H2,1-2H3. The van der Waals surface area contributed by atoms with Crippen molar-refractivity contribution >= 4 is 11.6 Å². The van der Waals surface area contributed by atoms with Crippen molar-refractivity contribution < 1.29 is 14.0 Å². The van der Waals surface area contributed by atoms with Crippen LogP contribution in [0, 0.1) is 11.7 Å². The molecule has 1 atom stereocenters. The van der Waals surface area contributed by atoms with Crippen LogP contribution in [0.15, 0.2) is 29.4 Å². The zero-order valence-corrected chi connectivity index (χ0v) is 14.2. The number of benzene rings is 1. The predicted octanol–water partition coefficient (Wildman–Crippen LogP) is 2.12. The normalized spacial score (nSPS) is 21.8. The molecule has 1 aromatic rings. The first kappa shape index (κ1) is 16.9. The highest BCUT2D eigenvalue weighted by Crippen LogP contribution is 2.20. The van der Waals surface area contributed by atoms with Gasteiger partial charge >= 0.3 is 0 Å². The van der Waals surface area contributed by atoms with E-state index in [9.17, 15) is 9.18 Å². The molecule has 1 amide bonds. The maximum absolute atomic E-state index is 13.3. The number of amides is 1. The molecule has 5 nitrogen and oxygen atoms in total. The van der Waals surface area contributed by atoms with Crippen LogP contribution in [0.2, 0.25) is 0 Å². The molecule has 1 saturated heterocycles. The molecule has 3 rings (SSSR count). The average Bonchev–Trinajstić information content (AvgIpc) is 3.04. The van der Waals surface area contributed by atoms with Gasteiger partial charge in [-0.2, -0.15) is 0 Å². The molecule has 1 aromatic carbocycles. The fraction of sp³-hybridized carbons (Fsp3) is 0.556. The number of halogens is 1. The highest BCUT2D eigenvalue weighted by molar-refractivity contribution is 6.04. The predicted molar refractivity (Wildman–Crippen MR) is 90.3 cm³/mol. The molecule has 6 heteroatoms. The smallest absolute Gasteiger partial charge is 0.266 e. The Bertz CT molecular complexity index is 624. The Kier molecular flexibility index (Phi) is 5.14. The number of carbonyl (C=O) groups excluding carboxylic acids is 1. The Labute approximate surface area is 142 Å². The maximum atomic E-state index is 13.3. The third-order valence-corrected chi connectivity index (χ3v) is 4.41. The second-order valence-corrected chi connectivity index (χ2v) is 6.87. The molecular formula is C18H24FN3O2. The molecule has 0 bridgehead atoms. The van der Waals surface area contributed by atoms with Crippen molar-refractivity contribution in [2.45, 2.75) is 26.4 Å². The van der Waals surface area contributed by atoms with Gasteiger partial charge in [-0.25, -0.2) is 4.39 Å². The Morgan fingerprint density at radius 3 is 2.75 bits per heavy atom. The molecule has 0 aliphatic carbocycles. The molecule has 0 spiro atoms. The lowest BCUT2D eigenvalue weighted by atomic mass is 10.0. The molecule has 2 heterocycles.